The van der Waals surface area contributed by atoms with Crippen LogP contribution < -0.4 is 4.74 Å². The van der Waals surface area contributed by atoms with Crippen LogP contribution in [0.25, 0.3) is 0 Å². The van der Waals surface area contributed by atoms with Crippen molar-refractivity contribution in [2.24, 2.45) is 0 Å². The Morgan fingerprint density at radius 1 is 1.39 bits per heavy atom. The maximum absolute atomic E-state index is 10.8. The second-order valence-electron chi connectivity index (χ2n) is 3.68. The molecule has 1 heterocycles. The second-order valence-corrected chi connectivity index (χ2v) is 4.09. The zero-order chi connectivity index (χ0) is 13.1. The molecule has 1 aromatic carbocycles. The van der Waals surface area contributed by atoms with Gasteiger partial charge in [0.15, 0.2) is 0 Å². The number of hydrogen-bond donors (Lipinski definition) is 1. The number of benzene rings is 1. The van der Waals surface area contributed by atoms with Crippen LogP contribution in [0.15, 0.2) is 36.5 Å². The monoisotopic (exact) mass is 263 g/mol. The van der Waals surface area contributed by atoms with E-state index in [1.807, 2.05) is 0 Å². The standard InChI is InChI=1S/C13H10ClNO3/c1-8-7-9(13(16)17)4-5-11(8)18-12-10(14)3-2-6-15-12/h2-7H,1H3,(H,16,17). The van der Waals surface area contributed by atoms with Crippen molar-refractivity contribution in [3.05, 3.63) is 52.7 Å². The number of carboxylic acids is 1. The average molecular weight is 264 g/mol. The van der Waals surface area contributed by atoms with Crippen molar-refractivity contribution in [3.8, 4) is 11.6 Å². The van der Waals surface area contributed by atoms with Crippen LogP contribution in [0.3, 0.4) is 0 Å². The van der Waals surface area contributed by atoms with Gasteiger partial charge in [-0.25, -0.2) is 9.78 Å². The van der Waals surface area contributed by atoms with Crippen LogP contribution in [0.2, 0.25) is 5.02 Å². The molecule has 0 unspecified atom stereocenters. The van der Waals surface area contributed by atoms with Gasteiger partial charge < -0.3 is 9.84 Å². The van der Waals surface area contributed by atoms with E-state index in [4.69, 9.17) is 21.4 Å². The van der Waals surface area contributed by atoms with Crippen molar-refractivity contribution in [2.75, 3.05) is 0 Å². The fourth-order valence-electron chi connectivity index (χ4n) is 1.45. The molecule has 0 aliphatic carbocycles. The molecule has 18 heavy (non-hydrogen) atoms. The first kappa shape index (κ1) is 12.4. The highest BCUT2D eigenvalue weighted by atomic mass is 35.5. The van der Waals surface area contributed by atoms with E-state index in [0.717, 1.165) is 0 Å². The third-order valence-electron chi connectivity index (χ3n) is 2.35. The lowest BCUT2D eigenvalue weighted by atomic mass is 10.1. The summed E-state index contributed by atoms with van der Waals surface area (Å²) in [5.41, 5.74) is 0.920. The smallest absolute Gasteiger partial charge is 0.335 e. The predicted molar refractivity (Wildman–Crippen MR) is 67.5 cm³/mol. The number of aromatic nitrogens is 1. The van der Waals surface area contributed by atoms with Crippen LogP contribution in [-0.2, 0) is 0 Å². The van der Waals surface area contributed by atoms with Gasteiger partial charge >= 0.3 is 5.97 Å². The van der Waals surface area contributed by atoms with Crippen LogP contribution >= 0.6 is 11.6 Å². The van der Waals surface area contributed by atoms with E-state index in [1.165, 1.54) is 12.1 Å². The number of rotatable bonds is 3. The molecule has 0 fully saturated rings. The molecule has 0 radical (unpaired) electrons. The van der Waals surface area contributed by atoms with Crippen molar-refractivity contribution in [2.45, 2.75) is 6.92 Å². The Balaban J connectivity index is 2.30. The molecule has 5 heteroatoms. The van der Waals surface area contributed by atoms with E-state index in [1.54, 1.807) is 31.3 Å². The molecule has 92 valence electrons. The Morgan fingerprint density at radius 2 is 2.17 bits per heavy atom. The third-order valence-corrected chi connectivity index (χ3v) is 2.64. The van der Waals surface area contributed by atoms with Crippen molar-refractivity contribution >= 4 is 17.6 Å². The molecule has 0 aliphatic heterocycles. The van der Waals surface area contributed by atoms with E-state index in [0.29, 0.717) is 22.2 Å². The SMILES string of the molecule is Cc1cc(C(=O)O)ccc1Oc1ncccc1Cl. The summed E-state index contributed by atoms with van der Waals surface area (Å²) < 4.78 is 5.54. The summed E-state index contributed by atoms with van der Waals surface area (Å²) in [6.07, 6.45) is 1.57. The summed E-state index contributed by atoms with van der Waals surface area (Å²) in [6.45, 7) is 1.76. The zero-order valence-corrected chi connectivity index (χ0v) is 10.3. The number of carboxylic acid groups (broad SMARTS) is 1. The van der Waals surface area contributed by atoms with Crippen molar-refractivity contribution in [3.63, 3.8) is 0 Å². The van der Waals surface area contributed by atoms with Gasteiger partial charge in [-0.05, 0) is 42.8 Å². The van der Waals surface area contributed by atoms with Crippen LogP contribution in [0.5, 0.6) is 11.6 Å². The van der Waals surface area contributed by atoms with E-state index >= 15 is 0 Å². The van der Waals surface area contributed by atoms with Crippen LogP contribution in [0.1, 0.15) is 15.9 Å². The highest BCUT2D eigenvalue weighted by molar-refractivity contribution is 6.31. The predicted octanol–water partition coefficient (Wildman–Crippen LogP) is 3.53. The van der Waals surface area contributed by atoms with Crippen molar-refractivity contribution < 1.29 is 14.6 Å². The quantitative estimate of drug-likeness (QED) is 0.920. The van der Waals surface area contributed by atoms with Crippen LogP contribution in [0, 0.1) is 6.92 Å². The van der Waals surface area contributed by atoms with Gasteiger partial charge in [-0.1, -0.05) is 11.6 Å². The highest BCUT2D eigenvalue weighted by Crippen LogP contribution is 2.29. The van der Waals surface area contributed by atoms with Gasteiger partial charge in [0.1, 0.15) is 10.8 Å². The summed E-state index contributed by atoms with van der Waals surface area (Å²) in [7, 11) is 0. The topological polar surface area (TPSA) is 59.4 Å². The summed E-state index contributed by atoms with van der Waals surface area (Å²) in [4.78, 5) is 14.8. The lowest BCUT2D eigenvalue weighted by Crippen LogP contribution is -1.98. The maximum Gasteiger partial charge on any atom is 0.335 e. The molecule has 0 atom stereocenters. The van der Waals surface area contributed by atoms with Gasteiger partial charge in [-0.15, -0.1) is 0 Å². The highest BCUT2D eigenvalue weighted by Gasteiger charge is 2.09. The Kier molecular flexibility index (Phi) is 3.48. The molecule has 2 aromatic rings. The molecule has 0 amide bonds. The average Bonchev–Trinajstić information content (AvgIpc) is 2.34. The molecule has 1 N–H and O–H groups in total. The maximum atomic E-state index is 10.8. The lowest BCUT2D eigenvalue weighted by Gasteiger charge is -2.09. The van der Waals surface area contributed by atoms with Gasteiger partial charge in [-0.3, -0.25) is 0 Å². The van der Waals surface area contributed by atoms with Crippen molar-refractivity contribution in [1.29, 1.82) is 0 Å². The Morgan fingerprint density at radius 3 is 2.78 bits per heavy atom. The number of ether oxygens (including phenoxy) is 1. The molecule has 1 aromatic heterocycles. The largest absolute Gasteiger partial charge is 0.478 e. The van der Waals surface area contributed by atoms with Gasteiger partial charge in [0, 0.05) is 6.20 Å². The molecule has 2 rings (SSSR count). The second kappa shape index (κ2) is 5.06. The van der Waals surface area contributed by atoms with E-state index in [2.05, 4.69) is 4.98 Å². The minimum atomic E-state index is -0.972. The van der Waals surface area contributed by atoms with Gasteiger partial charge in [0.2, 0.25) is 5.88 Å². The first-order valence-corrected chi connectivity index (χ1v) is 5.58. The third kappa shape index (κ3) is 2.60. The zero-order valence-electron chi connectivity index (χ0n) is 9.55. The lowest BCUT2D eigenvalue weighted by molar-refractivity contribution is 0.0697. The fourth-order valence-corrected chi connectivity index (χ4v) is 1.61. The Labute approximate surface area is 109 Å². The van der Waals surface area contributed by atoms with Gasteiger partial charge in [0.25, 0.3) is 0 Å². The first-order chi connectivity index (χ1) is 8.58. The molecule has 0 spiro atoms. The molecule has 4 nitrogen and oxygen atoms in total. The number of aryl methyl sites for hydroxylation is 1. The number of hydrogen-bond acceptors (Lipinski definition) is 3. The number of pyridine rings is 1. The number of nitrogens with zero attached hydrogens (tertiary/aromatic N) is 1. The van der Waals surface area contributed by atoms with E-state index < -0.39 is 5.97 Å². The Bertz CT molecular complexity index is 599. The van der Waals surface area contributed by atoms with Crippen molar-refractivity contribution in [1.82, 2.24) is 4.98 Å². The summed E-state index contributed by atoms with van der Waals surface area (Å²) in [5.74, 6) is -0.147. The first-order valence-electron chi connectivity index (χ1n) is 5.20. The molecule has 0 saturated heterocycles. The van der Waals surface area contributed by atoms with Gasteiger partial charge in [0.05, 0.1) is 5.56 Å². The van der Waals surface area contributed by atoms with E-state index in [-0.39, 0.29) is 5.56 Å². The van der Waals surface area contributed by atoms with Gasteiger partial charge in [-0.2, -0.15) is 0 Å². The summed E-state index contributed by atoms with van der Waals surface area (Å²) in [5, 5.41) is 9.26. The summed E-state index contributed by atoms with van der Waals surface area (Å²) in [6, 6.07) is 7.97. The number of aromatic carboxylic acids is 1. The fraction of sp³-hybridized carbons (Fsp3) is 0.0769. The number of halogens is 1. The minimum Gasteiger partial charge on any atom is -0.478 e. The molecular formula is C13H10ClNO3. The van der Waals surface area contributed by atoms with Crippen LogP contribution in [0.4, 0.5) is 0 Å². The molecule has 0 saturated carbocycles. The summed E-state index contributed by atoms with van der Waals surface area (Å²) >= 11 is 5.93. The minimum absolute atomic E-state index is 0.215. The molecule has 0 aliphatic rings. The molecular weight excluding hydrogens is 254 g/mol. The normalized spacial score (nSPS) is 10.1. The van der Waals surface area contributed by atoms with E-state index in [9.17, 15) is 4.79 Å². The number of carbonyl (C=O) groups is 1. The Hall–Kier alpha value is -2.07. The van der Waals surface area contributed by atoms with Crippen LogP contribution in [-0.4, -0.2) is 16.1 Å². The molecule has 0 bridgehead atoms.